The van der Waals surface area contributed by atoms with Crippen LogP contribution >= 0.6 is 0 Å². The normalized spacial score (nSPS) is 12.2. The maximum Gasteiger partial charge on any atom is 0.231 e. The summed E-state index contributed by atoms with van der Waals surface area (Å²) in [7, 11) is 0. The van der Waals surface area contributed by atoms with Gasteiger partial charge in [0, 0.05) is 11.8 Å². The molecule has 2 aromatic rings. The standard InChI is InChI=1S/C15H15NO4/c16-11-1-3-12(4-2-11)17-7-8-18-13-5-6-14-15(9-13)20-10-19-14/h1-6,9H,7-8,10,16H2. The Balaban J connectivity index is 1.47. The van der Waals surface area contributed by atoms with Gasteiger partial charge in [-0.1, -0.05) is 0 Å². The molecular formula is C15H15NO4. The van der Waals surface area contributed by atoms with Crippen LogP contribution in [0.4, 0.5) is 5.69 Å². The van der Waals surface area contributed by atoms with Gasteiger partial charge in [0.15, 0.2) is 11.5 Å². The highest BCUT2D eigenvalue weighted by molar-refractivity contribution is 5.46. The fraction of sp³-hybridized carbons (Fsp3) is 0.200. The molecule has 0 radical (unpaired) electrons. The highest BCUT2D eigenvalue weighted by Gasteiger charge is 2.13. The zero-order valence-electron chi connectivity index (χ0n) is 10.9. The molecule has 104 valence electrons. The molecule has 5 nitrogen and oxygen atoms in total. The van der Waals surface area contributed by atoms with Crippen molar-refractivity contribution in [3.63, 3.8) is 0 Å². The Kier molecular flexibility index (Phi) is 3.50. The lowest BCUT2D eigenvalue weighted by Crippen LogP contribution is -2.08. The minimum Gasteiger partial charge on any atom is -0.490 e. The SMILES string of the molecule is Nc1ccc(OCCOc2ccc3c(c2)OCO3)cc1. The van der Waals surface area contributed by atoms with Crippen LogP contribution in [0.5, 0.6) is 23.0 Å². The van der Waals surface area contributed by atoms with Gasteiger partial charge in [0.1, 0.15) is 24.7 Å². The first-order valence-electron chi connectivity index (χ1n) is 6.32. The number of rotatable bonds is 5. The van der Waals surface area contributed by atoms with Gasteiger partial charge in [0.2, 0.25) is 6.79 Å². The van der Waals surface area contributed by atoms with E-state index in [0.717, 1.165) is 17.2 Å². The Morgan fingerprint density at radius 3 is 2.30 bits per heavy atom. The minimum absolute atomic E-state index is 0.263. The van der Waals surface area contributed by atoms with E-state index in [2.05, 4.69) is 0 Å². The molecule has 0 spiro atoms. The molecule has 2 aromatic carbocycles. The van der Waals surface area contributed by atoms with Crippen molar-refractivity contribution < 1.29 is 18.9 Å². The summed E-state index contributed by atoms with van der Waals surface area (Å²) in [4.78, 5) is 0. The number of nitrogens with two attached hydrogens (primary N) is 1. The molecule has 0 unspecified atom stereocenters. The quantitative estimate of drug-likeness (QED) is 0.669. The van der Waals surface area contributed by atoms with Crippen LogP contribution in [-0.2, 0) is 0 Å². The molecule has 0 aromatic heterocycles. The molecule has 0 saturated carbocycles. The van der Waals surface area contributed by atoms with Gasteiger partial charge in [-0.3, -0.25) is 0 Å². The monoisotopic (exact) mass is 273 g/mol. The molecule has 0 atom stereocenters. The van der Waals surface area contributed by atoms with Gasteiger partial charge in [-0.05, 0) is 36.4 Å². The van der Waals surface area contributed by atoms with Crippen molar-refractivity contribution in [2.45, 2.75) is 0 Å². The smallest absolute Gasteiger partial charge is 0.231 e. The average molecular weight is 273 g/mol. The molecule has 0 amide bonds. The third-order valence-electron chi connectivity index (χ3n) is 2.84. The van der Waals surface area contributed by atoms with E-state index in [1.54, 1.807) is 12.1 Å². The summed E-state index contributed by atoms with van der Waals surface area (Å²) in [6.07, 6.45) is 0. The van der Waals surface area contributed by atoms with Gasteiger partial charge < -0.3 is 24.7 Å². The van der Waals surface area contributed by atoms with Crippen molar-refractivity contribution in [3.8, 4) is 23.0 Å². The Hall–Kier alpha value is -2.56. The number of hydrogen-bond acceptors (Lipinski definition) is 5. The number of fused-ring (bicyclic) bond motifs is 1. The number of benzene rings is 2. The van der Waals surface area contributed by atoms with E-state index in [0.29, 0.717) is 24.7 Å². The second kappa shape index (κ2) is 5.61. The van der Waals surface area contributed by atoms with E-state index in [9.17, 15) is 0 Å². The largest absolute Gasteiger partial charge is 0.490 e. The second-order valence-electron chi connectivity index (χ2n) is 4.28. The minimum atomic E-state index is 0.263. The lowest BCUT2D eigenvalue weighted by atomic mass is 10.3. The summed E-state index contributed by atoms with van der Waals surface area (Å²) in [5.74, 6) is 2.96. The predicted molar refractivity (Wildman–Crippen MR) is 74.4 cm³/mol. The van der Waals surface area contributed by atoms with Gasteiger partial charge in [-0.2, -0.15) is 0 Å². The third kappa shape index (κ3) is 2.88. The van der Waals surface area contributed by atoms with Crippen molar-refractivity contribution in [2.75, 3.05) is 25.7 Å². The predicted octanol–water partition coefficient (Wildman–Crippen LogP) is 2.46. The molecule has 0 bridgehead atoms. The molecule has 2 N–H and O–H groups in total. The fourth-order valence-electron chi connectivity index (χ4n) is 1.85. The molecule has 0 saturated heterocycles. The molecule has 0 aliphatic carbocycles. The number of hydrogen-bond donors (Lipinski definition) is 1. The lowest BCUT2D eigenvalue weighted by Gasteiger charge is -2.09. The highest BCUT2D eigenvalue weighted by atomic mass is 16.7. The molecule has 1 aliphatic rings. The molecule has 5 heteroatoms. The molecule has 1 heterocycles. The van der Waals surface area contributed by atoms with E-state index in [-0.39, 0.29) is 6.79 Å². The van der Waals surface area contributed by atoms with E-state index < -0.39 is 0 Å². The van der Waals surface area contributed by atoms with Crippen LogP contribution in [0.15, 0.2) is 42.5 Å². The van der Waals surface area contributed by atoms with Crippen LogP contribution in [0.1, 0.15) is 0 Å². The first kappa shape index (κ1) is 12.5. The van der Waals surface area contributed by atoms with Crippen LogP contribution in [-0.4, -0.2) is 20.0 Å². The first-order chi connectivity index (χ1) is 9.81. The molecular weight excluding hydrogens is 258 g/mol. The van der Waals surface area contributed by atoms with Crippen molar-refractivity contribution >= 4 is 5.69 Å². The molecule has 20 heavy (non-hydrogen) atoms. The van der Waals surface area contributed by atoms with Crippen LogP contribution in [0.3, 0.4) is 0 Å². The lowest BCUT2D eigenvalue weighted by molar-refractivity contribution is 0.173. The first-order valence-corrected chi connectivity index (χ1v) is 6.32. The average Bonchev–Trinajstić information content (AvgIpc) is 2.93. The van der Waals surface area contributed by atoms with Crippen molar-refractivity contribution in [3.05, 3.63) is 42.5 Å². The van der Waals surface area contributed by atoms with E-state index in [4.69, 9.17) is 24.7 Å². The van der Waals surface area contributed by atoms with Crippen molar-refractivity contribution in [1.29, 1.82) is 0 Å². The zero-order chi connectivity index (χ0) is 13.8. The van der Waals surface area contributed by atoms with Crippen LogP contribution < -0.4 is 24.7 Å². The Bertz CT molecular complexity index is 583. The molecule has 3 rings (SSSR count). The van der Waals surface area contributed by atoms with Gasteiger partial charge in [-0.25, -0.2) is 0 Å². The maximum absolute atomic E-state index is 5.60. The summed E-state index contributed by atoms with van der Waals surface area (Å²) >= 11 is 0. The topological polar surface area (TPSA) is 62.9 Å². The summed E-state index contributed by atoms with van der Waals surface area (Å²) in [6, 6.07) is 12.7. The Labute approximate surface area is 116 Å². The number of nitrogen functional groups attached to an aromatic ring is 1. The van der Waals surface area contributed by atoms with Crippen LogP contribution in [0, 0.1) is 0 Å². The van der Waals surface area contributed by atoms with Crippen LogP contribution in [0.2, 0.25) is 0 Å². The maximum atomic E-state index is 5.60. The van der Waals surface area contributed by atoms with Crippen molar-refractivity contribution in [2.24, 2.45) is 0 Å². The van der Waals surface area contributed by atoms with Crippen molar-refractivity contribution in [1.82, 2.24) is 0 Å². The second-order valence-corrected chi connectivity index (χ2v) is 4.28. The van der Waals surface area contributed by atoms with E-state index in [1.807, 2.05) is 30.3 Å². The molecule has 1 aliphatic heterocycles. The Morgan fingerprint density at radius 1 is 0.850 bits per heavy atom. The fourth-order valence-corrected chi connectivity index (χ4v) is 1.85. The van der Waals surface area contributed by atoms with Gasteiger partial charge in [-0.15, -0.1) is 0 Å². The van der Waals surface area contributed by atoms with Gasteiger partial charge in [0.25, 0.3) is 0 Å². The summed E-state index contributed by atoms with van der Waals surface area (Å²) < 4.78 is 21.6. The van der Waals surface area contributed by atoms with E-state index in [1.165, 1.54) is 0 Å². The van der Waals surface area contributed by atoms with Gasteiger partial charge >= 0.3 is 0 Å². The van der Waals surface area contributed by atoms with Crippen LogP contribution in [0.25, 0.3) is 0 Å². The molecule has 0 fully saturated rings. The highest BCUT2D eigenvalue weighted by Crippen LogP contribution is 2.34. The Morgan fingerprint density at radius 2 is 1.50 bits per heavy atom. The summed E-state index contributed by atoms with van der Waals surface area (Å²) in [6.45, 7) is 1.17. The van der Waals surface area contributed by atoms with E-state index >= 15 is 0 Å². The van der Waals surface area contributed by atoms with Gasteiger partial charge in [0.05, 0.1) is 0 Å². The number of ether oxygens (including phenoxy) is 4. The third-order valence-corrected chi connectivity index (χ3v) is 2.84. The summed E-state index contributed by atoms with van der Waals surface area (Å²) in [5, 5.41) is 0. The zero-order valence-corrected chi connectivity index (χ0v) is 10.9. The number of anilines is 1. The summed E-state index contributed by atoms with van der Waals surface area (Å²) in [5.41, 5.74) is 6.32.